The quantitative estimate of drug-likeness (QED) is 0.840. The highest BCUT2D eigenvalue weighted by Gasteiger charge is 2.20. The molecule has 0 bridgehead atoms. The van der Waals surface area contributed by atoms with Gasteiger partial charge in [-0.1, -0.05) is 0 Å². The Kier molecular flexibility index (Phi) is 6.14. The van der Waals surface area contributed by atoms with Crippen LogP contribution in [-0.4, -0.2) is 42.0 Å². The number of thiazole rings is 1. The van der Waals surface area contributed by atoms with Gasteiger partial charge in [-0.25, -0.2) is 4.98 Å². The van der Waals surface area contributed by atoms with Crippen molar-refractivity contribution >= 4 is 17.2 Å². The molecule has 2 unspecified atom stereocenters. The van der Waals surface area contributed by atoms with Crippen molar-refractivity contribution in [1.82, 2.24) is 15.2 Å². The van der Waals surface area contributed by atoms with Crippen LogP contribution in [0, 0.1) is 0 Å². The minimum atomic E-state index is 0.0254. The van der Waals surface area contributed by atoms with Gasteiger partial charge in [0, 0.05) is 31.5 Å². The first-order chi connectivity index (χ1) is 10.1. The van der Waals surface area contributed by atoms with Crippen LogP contribution in [0.1, 0.15) is 49.9 Å². The molecule has 0 saturated carbocycles. The van der Waals surface area contributed by atoms with E-state index in [9.17, 15) is 4.79 Å². The van der Waals surface area contributed by atoms with Crippen molar-refractivity contribution in [2.75, 3.05) is 20.2 Å². The van der Waals surface area contributed by atoms with Gasteiger partial charge in [0.2, 0.25) is 5.91 Å². The number of ether oxygens (including phenoxy) is 1. The topological polar surface area (TPSA) is 54.5 Å². The first-order valence-electron chi connectivity index (χ1n) is 7.63. The molecule has 1 aliphatic heterocycles. The van der Waals surface area contributed by atoms with E-state index in [1.807, 2.05) is 26.3 Å². The number of amides is 1. The molecule has 2 atom stereocenters. The second-order valence-corrected chi connectivity index (χ2v) is 6.41. The monoisotopic (exact) mass is 311 g/mol. The van der Waals surface area contributed by atoms with Gasteiger partial charge in [0.1, 0.15) is 11.1 Å². The molecule has 1 saturated heterocycles. The van der Waals surface area contributed by atoms with Crippen molar-refractivity contribution in [1.29, 1.82) is 0 Å². The Morgan fingerprint density at radius 1 is 1.67 bits per heavy atom. The summed E-state index contributed by atoms with van der Waals surface area (Å²) >= 11 is 1.60. The lowest BCUT2D eigenvalue weighted by molar-refractivity contribution is -0.130. The molecule has 0 aromatic carbocycles. The summed E-state index contributed by atoms with van der Waals surface area (Å²) in [6, 6.07) is 0.351. The Bertz CT molecular complexity index is 458. The molecule has 0 spiro atoms. The van der Waals surface area contributed by atoms with Crippen LogP contribution in [0.4, 0.5) is 0 Å². The second kappa shape index (κ2) is 7.87. The lowest BCUT2D eigenvalue weighted by atomic mass is 10.1. The van der Waals surface area contributed by atoms with Crippen LogP contribution in [-0.2, 0) is 16.1 Å². The van der Waals surface area contributed by atoms with Crippen molar-refractivity contribution in [3.63, 3.8) is 0 Å². The first-order valence-corrected chi connectivity index (χ1v) is 8.51. The smallest absolute Gasteiger partial charge is 0.224 e. The predicted octanol–water partition coefficient (Wildman–Crippen LogP) is 2.34. The molecule has 1 amide bonds. The Morgan fingerprint density at radius 3 is 3.14 bits per heavy atom. The van der Waals surface area contributed by atoms with Gasteiger partial charge in [-0.2, -0.15) is 0 Å². The van der Waals surface area contributed by atoms with Gasteiger partial charge in [-0.05, 0) is 33.2 Å². The Hall–Kier alpha value is -0.980. The third-order valence-corrected chi connectivity index (χ3v) is 4.80. The van der Waals surface area contributed by atoms with Crippen molar-refractivity contribution < 1.29 is 9.53 Å². The first kappa shape index (κ1) is 16.4. The molecular weight excluding hydrogens is 286 g/mol. The molecule has 5 nitrogen and oxygen atoms in total. The summed E-state index contributed by atoms with van der Waals surface area (Å²) in [7, 11) is 1.85. The van der Waals surface area contributed by atoms with E-state index in [1.165, 1.54) is 6.42 Å². The highest BCUT2D eigenvalue weighted by atomic mass is 32.1. The molecular formula is C15H25N3O2S. The fourth-order valence-corrected chi connectivity index (χ4v) is 3.35. The molecule has 2 heterocycles. The molecule has 1 N–H and O–H groups in total. The summed E-state index contributed by atoms with van der Waals surface area (Å²) in [5.41, 5.74) is 0.941. The van der Waals surface area contributed by atoms with E-state index >= 15 is 0 Å². The van der Waals surface area contributed by atoms with Crippen LogP contribution < -0.4 is 5.32 Å². The highest BCUT2D eigenvalue weighted by Crippen LogP contribution is 2.21. The Labute approximate surface area is 130 Å². The number of hydrogen-bond donors (Lipinski definition) is 1. The van der Waals surface area contributed by atoms with Gasteiger partial charge in [0.15, 0.2) is 0 Å². The van der Waals surface area contributed by atoms with E-state index in [0.29, 0.717) is 25.6 Å². The molecule has 2 rings (SSSR count). The van der Waals surface area contributed by atoms with E-state index in [4.69, 9.17) is 4.74 Å². The maximum absolute atomic E-state index is 12.2. The molecule has 1 aromatic rings. The largest absolute Gasteiger partial charge is 0.372 e. The number of aromatic nitrogens is 1. The number of rotatable bonds is 7. The third-order valence-electron chi connectivity index (χ3n) is 3.74. The minimum absolute atomic E-state index is 0.0254. The van der Waals surface area contributed by atoms with E-state index in [1.54, 1.807) is 16.2 Å². The molecule has 1 aromatic heterocycles. The van der Waals surface area contributed by atoms with Gasteiger partial charge in [0.05, 0.1) is 12.2 Å². The molecule has 1 aliphatic rings. The average Bonchev–Trinajstić information content (AvgIpc) is 3.10. The fraction of sp³-hybridized carbons (Fsp3) is 0.733. The zero-order valence-corrected chi connectivity index (χ0v) is 13.9. The third kappa shape index (κ3) is 4.76. The van der Waals surface area contributed by atoms with E-state index in [2.05, 4.69) is 10.3 Å². The van der Waals surface area contributed by atoms with Crippen molar-refractivity contribution in [3.05, 3.63) is 16.1 Å². The molecule has 0 aliphatic carbocycles. The number of nitrogens with zero attached hydrogens (tertiary/aromatic N) is 2. The second-order valence-electron chi connectivity index (χ2n) is 5.52. The van der Waals surface area contributed by atoms with Crippen LogP contribution in [0.5, 0.6) is 0 Å². The Balaban J connectivity index is 1.84. The lowest BCUT2D eigenvalue weighted by Gasteiger charge is -2.18. The van der Waals surface area contributed by atoms with Crippen LogP contribution in [0.3, 0.4) is 0 Å². The van der Waals surface area contributed by atoms with Gasteiger partial charge < -0.3 is 15.0 Å². The number of carbonyl (C=O) groups is 1. The van der Waals surface area contributed by atoms with Crippen molar-refractivity contribution in [2.45, 2.75) is 51.8 Å². The summed E-state index contributed by atoms with van der Waals surface area (Å²) < 4.78 is 5.54. The van der Waals surface area contributed by atoms with E-state index in [0.717, 1.165) is 23.7 Å². The molecule has 21 heavy (non-hydrogen) atoms. The minimum Gasteiger partial charge on any atom is -0.372 e. The maximum Gasteiger partial charge on any atom is 0.224 e. The van der Waals surface area contributed by atoms with E-state index < -0.39 is 0 Å². The maximum atomic E-state index is 12.2. The molecule has 118 valence electrons. The number of hydrogen-bond acceptors (Lipinski definition) is 5. The average molecular weight is 311 g/mol. The highest BCUT2D eigenvalue weighted by molar-refractivity contribution is 7.09. The fourth-order valence-electron chi connectivity index (χ4n) is 2.53. The van der Waals surface area contributed by atoms with E-state index in [-0.39, 0.29) is 12.0 Å². The number of carbonyl (C=O) groups excluding carboxylic acids is 1. The van der Waals surface area contributed by atoms with Gasteiger partial charge >= 0.3 is 0 Å². The van der Waals surface area contributed by atoms with Crippen LogP contribution in [0.15, 0.2) is 5.38 Å². The zero-order chi connectivity index (χ0) is 15.2. The van der Waals surface area contributed by atoms with Crippen LogP contribution in [0.25, 0.3) is 0 Å². The molecule has 6 heteroatoms. The summed E-state index contributed by atoms with van der Waals surface area (Å²) in [5, 5.41) is 6.36. The standard InChI is InChI=1S/C15H25N3O2S/c1-4-20-11(2)15-17-13(10-21-15)9-18(3)14(19)8-12-6-5-7-16-12/h10-12,16H,4-9H2,1-3H3. The summed E-state index contributed by atoms with van der Waals surface area (Å²) in [6.45, 7) is 6.28. The zero-order valence-electron chi connectivity index (χ0n) is 13.1. The molecule has 1 fully saturated rings. The summed E-state index contributed by atoms with van der Waals surface area (Å²) in [4.78, 5) is 18.5. The van der Waals surface area contributed by atoms with Crippen molar-refractivity contribution in [2.24, 2.45) is 0 Å². The normalized spacial score (nSPS) is 19.7. The predicted molar refractivity (Wildman–Crippen MR) is 84.3 cm³/mol. The van der Waals surface area contributed by atoms with Gasteiger partial charge in [-0.3, -0.25) is 4.79 Å². The van der Waals surface area contributed by atoms with Crippen LogP contribution >= 0.6 is 11.3 Å². The number of nitrogens with one attached hydrogen (secondary N) is 1. The van der Waals surface area contributed by atoms with Crippen LogP contribution in [0.2, 0.25) is 0 Å². The summed E-state index contributed by atoms with van der Waals surface area (Å²) in [6.07, 6.45) is 2.89. The van der Waals surface area contributed by atoms with Crippen molar-refractivity contribution in [3.8, 4) is 0 Å². The Morgan fingerprint density at radius 2 is 2.48 bits per heavy atom. The lowest BCUT2D eigenvalue weighted by Crippen LogP contribution is -2.33. The SMILES string of the molecule is CCOC(C)c1nc(CN(C)C(=O)CC2CCCN2)cs1. The molecule has 0 radical (unpaired) electrons. The summed E-state index contributed by atoms with van der Waals surface area (Å²) in [5.74, 6) is 0.182. The van der Waals surface area contributed by atoms with Gasteiger partial charge in [-0.15, -0.1) is 11.3 Å². The van der Waals surface area contributed by atoms with Gasteiger partial charge in [0.25, 0.3) is 0 Å².